The van der Waals surface area contributed by atoms with Crippen molar-refractivity contribution in [1.82, 2.24) is 10.2 Å². The largest absolute Gasteiger partial charge is 0.474 e. The van der Waals surface area contributed by atoms with E-state index in [1.807, 2.05) is 13.0 Å². The Morgan fingerprint density at radius 2 is 2.15 bits per heavy atom. The molecule has 0 N–H and O–H groups in total. The van der Waals surface area contributed by atoms with Gasteiger partial charge in [0.1, 0.15) is 10.3 Å². The summed E-state index contributed by atoms with van der Waals surface area (Å²) in [5.41, 5.74) is 0. The first kappa shape index (κ1) is 10.6. The Bertz CT molecular complexity index is 240. The van der Waals surface area contributed by atoms with E-state index in [1.165, 1.54) is 0 Å². The summed E-state index contributed by atoms with van der Waals surface area (Å²) in [5.74, 6) is 0.542. The third kappa shape index (κ3) is 4.37. The van der Waals surface area contributed by atoms with Crippen molar-refractivity contribution in [3.05, 3.63) is 15.8 Å². The van der Waals surface area contributed by atoms with Gasteiger partial charge in [-0.1, -0.05) is 0 Å². The van der Waals surface area contributed by atoms with Gasteiger partial charge in [-0.2, -0.15) is 0 Å². The van der Waals surface area contributed by atoms with Crippen molar-refractivity contribution in [3.63, 3.8) is 0 Å². The minimum atomic E-state index is 0.517. The van der Waals surface area contributed by atoms with E-state index in [1.54, 1.807) is 6.07 Å². The van der Waals surface area contributed by atoms with Gasteiger partial charge in [-0.25, -0.2) is 0 Å². The molecule has 0 bridgehead atoms. The highest BCUT2D eigenvalue weighted by Crippen LogP contribution is 2.05. The molecule has 0 spiro atoms. The monoisotopic (exact) mass is 294 g/mol. The summed E-state index contributed by atoms with van der Waals surface area (Å²) < 4.78 is 11.2. The molecule has 0 amide bonds. The molecule has 1 aromatic rings. The fourth-order valence-corrected chi connectivity index (χ4v) is 1.02. The molecule has 0 atom stereocenters. The molecule has 1 rings (SSSR count). The lowest BCUT2D eigenvalue weighted by atomic mass is 10.6. The number of ether oxygens (including phenoxy) is 2. The van der Waals surface area contributed by atoms with Crippen molar-refractivity contribution in [3.8, 4) is 5.88 Å². The smallest absolute Gasteiger partial charge is 0.233 e. The summed E-state index contributed by atoms with van der Waals surface area (Å²) in [6.45, 7) is 3.76. The molecule has 0 aliphatic carbocycles. The number of halogens is 1. The molecular weight excluding hydrogens is 283 g/mol. The van der Waals surface area contributed by atoms with E-state index in [-0.39, 0.29) is 0 Å². The van der Waals surface area contributed by atoms with Gasteiger partial charge in [0.05, 0.1) is 6.61 Å². The lowest BCUT2D eigenvalue weighted by Gasteiger charge is -2.03. The van der Waals surface area contributed by atoms with Gasteiger partial charge in [0.2, 0.25) is 5.88 Å². The second kappa shape index (κ2) is 6.09. The van der Waals surface area contributed by atoms with Crippen LogP contribution in [0.15, 0.2) is 12.1 Å². The molecule has 13 heavy (non-hydrogen) atoms. The average Bonchev–Trinajstić information content (AvgIpc) is 2.15. The van der Waals surface area contributed by atoms with Crippen LogP contribution in [0.2, 0.25) is 0 Å². The predicted molar refractivity (Wildman–Crippen MR) is 56.7 cm³/mol. The van der Waals surface area contributed by atoms with Gasteiger partial charge in [0.25, 0.3) is 0 Å². The van der Waals surface area contributed by atoms with E-state index in [0.717, 1.165) is 3.70 Å². The topological polar surface area (TPSA) is 44.2 Å². The second-order valence-corrected chi connectivity index (χ2v) is 3.34. The molecule has 0 saturated heterocycles. The molecule has 1 heterocycles. The molecule has 72 valence electrons. The van der Waals surface area contributed by atoms with E-state index in [9.17, 15) is 0 Å². The number of nitrogens with zero attached hydrogens (tertiary/aromatic N) is 2. The standard InChI is InChI=1S/C8H11IN2O2/c1-2-12-5-6-13-8-4-3-7(9)10-11-8/h3-4H,2,5-6H2,1H3. The van der Waals surface area contributed by atoms with Gasteiger partial charge >= 0.3 is 0 Å². The number of aromatic nitrogens is 2. The summed E-state index contributed by atoms with van der Waals surface area (Å²) in [5, 5.41) is 7.69. The first-order chi connectivity index (χ1) is 6.33. The van der Waals surface area contributed by atoms with E-state index in [2.05, 4.69) is 32.8 Å². The van der Waals surface area contributed by atoms with Crippen LogP contribution >= 0.6 is 22.6 Å². The van der Waals surface area contributed by atoms with Gasteiger partial charge in [-0.15, -0.1) is 10.2 Å². The fraction of sp³-hybridized carbons (Fsp3) is 0.500. The predicted octanol–water partition coefficient (Wildman–Crippen LogP) is 1.50. The van der Waals surface area contributed by atoms with Crippen LogP contribution in [0.3, 0.4) is 0 Å². The quantitative estimate of drug-likeness (QED) is 0.610. The van der Waals surface area contributed by atoms with Gasteiger partial charge in [-0.3, -0.25) is 0 Å². The molecule has 0 aromatic carbocycles. The van der Waals surface area contributed by atoms with Crippen LogP contribution in [0.4, 0.5) is 0 Å². The average molecular weight is 294 g/mol. The maximum absolute atomic E-state index is 5.26. The summed E-state index contributed by atoms with van der Waals surface area (Å²) in [4.78, 5) is 0. The SMILES string of the molecule is CCOCCOc1ccc(I)nn1. The summed E-state index contributed by atoms with van der Waals surface area (Å²) in [6.07, 6.45) is 0. The molecule has 0 aliphatic rings. The molecular formula is C8H11IN2O2. The fourth-order valence-electron chi connectivity index (χ4n) is 0.730. The number of hydrogen-bond acceptors (Lipinski definition) is 4. The van der Waals surface area contributed by atoms with Gasteiger partial charge in [0, 0.05) is 12.7 Å². The van der Waals surface area contributed by atoms with E-state index in [0.29, 0.717) is 25.7 Å². The van der Waals surface area contributed by atoms with Crippen molar-refractivity contribution in [2.45, 2.75) is 6.92 Å². The Balaban J connectivity index is 2.25. The maximum Gasteiger partial charge on any atom is 0.233 e. The Morgan fingerprint density at radius 3 is 2.77 bits per heavy atom. The lowest BCUT2D eigenvalue weighted by Crippen LogP contribution is -2.07. The van der Waals surface area contributed by atoms with Crippen LogP contribution in [0.1, 0.15) is 6.92 Å². The van der Waals surface area contributed by atoms with Crippen LogP contribution in [0.5, 0.6) is 5.88 Å². The van der Waals surface area contributed by atoms with Crippen molar-refractivity contribution < 1.29 is 9.47 Å². The lowest BCUT2D eigenvalue weighted by molar-refractivity contribution is 0.108. The van der Waals surface area contributed by atoms with Crippen LogP contribution < -0.4 is 4.74 Å². The molecule has 0 saturated carbocycles. The van der Waals surface area contributed by atoms with E-state index in [4.69, 9.17) is 9.47 Å². The van der Waals surface area contributed by atoms with Crippen molar-refractivity contribution in [1.29, 1.82) is 0 Å². The Kier molecular flexibility index (Phi) is 4.99. The highest BCUT2D eigenvalue weighted by atomic mass is 127. The Hall–Kier alpha value is -0.430. The second-order valence-electron chi connectivity index (χ2n) is 2.24. The number of hydrogen-bond donors (Lipinski definition) is 0. The molecule has 0 fully saturated rings. The maximum atomic E-state index is 5.26. The normalized spacial score (nSPS) is 10.0. The highest BCUT2D eigenvalue weighted by molar-refractivity contribution is 14.1. The molecule has 0 unspecified atom stereocenters. The minimum absolute atomic E-state index is 0.517. The van der Waals surface area contributed by atoms with Crippen LogP contribution in [-0.4, -0.2) is 30.0 Å². The highest BCUT2D eigenvalue weighted by Gasteiger charge is 1.95. The zero-order chi connectivity index (χ0) is 9.52. The third-order valence-electron chi connectivity index (χ3n) is 1.29. The Morgan fingerprint density at radius 1 is 1.31 bits per heavy atom. The van der Waals surface area contributed by atoms with Crippen molar-refractivity contribution in [2.75, 3.05) is 19.8 Å². The van der Waals surface area contributed by atoms with Crippen molar-refractivity contribution >= 4 is 22.6 Å². The summed E-state index contributed by atoms with van der Waals surface area (Å²) in [6, 6.07) is 3.64. The van der Waals surface area contributed by atoms with Crippen molar-refractivity contribution in [2.24, 2.45) is 0 Å². The minimum Gasteiger partial charge on any atom is -0.474 e. The molecule has 4 nitrogen and oxygen atoms in total. The van der Waals surface area contributed by atoms with Crippen LogP contribution in [-0.2, 0) is 4.74 Å². The zero-order valence-corrected chi connectivity index (χ0v) is 9.52. The van der Waals surface area contributed by atoms with Gasteiger partial charge in [0.15, 0.2) is 0 Å². The van der Waals surface area contributed by atoms with E-state index < -0.39 is 0 Å². The van der Waals surface area contributed by atoms with Gasteiger partial charge < -0.3 is 9.47 Å². The zero-order valence-electron chi connectivity index (χ0n) is 7.36. The molecule has 0 radical (unpaired) electrons. The number of rotatable bonds is 5. The van der Waals surface area contributed by atoms with Gasteiger partial charge in [-0.05, 0) is 35.6 Å². The van der Waals surface area contributed by atoms with Crippen LogP contribution in [0.25, 0.3) is 0 Å². The van der Waals surface area contributed by atoms with E-state index >= 15 is 0 Å². The summed E-state index contributed by atoms with van der Waals surface area (Å²) in [7, 11) is 0. The molecule has 0 aliphatic heterocycles. The third-order valence-corrected chi connectivity index (χ3v) is 1.86. The first-order valence-corrected chi connectivity index (χ1v) is 5.10. The summed E-state index contributed by atoms with van der Waals surface area (Å²) >= 11 is 2.09. The molecule has 1 aromatic heterocycles. The first-order valence-electron chi connectivity index (χ1n) is 4.02. The van der Waals surface area contributed by atoms with Crippen LogP contribution in [0, 0.1) is 3.70 Å². The molecule has 5 heteroatoms. The Labute approximate surface area is 90.8 Å².